The minimum absolute atomic E-state index is 0.0274. The summed E-state index contributed by atoms with van der Waals surface area (Å²) in [7, 11) is -2.88. The van der Waals surface area contributed by atoms with Crippen molar-refractivity contribution in [2.45, 2.75) is 30.8 Å². The number of carbonyl (C=O) groups is 2. The topological polar surface area (TPSA) is 130 Å². The minimum atomic E-state index is -4.35. The summed E-state index contributed by atoms with van der Waals surface area (Å²) in [6, 6.07) is 28.3. The fourth-order valence-electron chi connectivity index (χ4n) is 4.74. The molecule has 10 nitrogen and oxygen atoms in total. The number of hydrogen-bond acceptors (Lipinski definition) is 6. The molecule has 4 rings (SSSR count). The number of rotatable bonds is 12. The van der Waals surface area contributed by atoms with E-state index in [1.807, 2.05) is 61.5 Å². The third-order valence-electron chi connectivity index (χ3n) is 6.89. The Morgan fingerprint density at radius 2 is 1.49 bits per heavy atom. The second-order valence-corrected chi connectivity index (χ2v) is 11.8. The van der Waals surface area contributed by atoms with Crippen LogP contribution in [0.1, 0.15) is 16.7 Å². The number of likely N-dealkylation sites (N-methyl/N-ethyl adjacent to an activating group) is 1. The number of non-ortho nitro benzene ring substituents is 1. The number of aryl methyl sites for hydroxylation is 1. The van der Waals surface area contributed by atoms with Crippen molar-refractivity contribution in [3.63, 3.8) is 0 Å². The summed E-state index contributed by atoms with van der Waals surface area (Å²) in [5.41, 5.74) is 2.13. The van der Waals surface area contributed by atoms with Crippen molar-refractivity contribution >= 4 is 33.2 Å². The maximum absolute atomic E-state index is 14.3. The summed E-state index contributed by atoms with van der Waals surface area (Å²) in [5, 5.41) is 14.2. The summed E-state index contributed by atoms with van der Waals surface area (Å²) in [6.07, 6.45) is 0.181. The summed E-state index contributed by atoms with van der Waals surface area (Å²) >= 11 is 0. The highest BCUT2D eigenvalue weighted by Gasteiger charge is 2.34. The van der Waals surface area contributed by atoms with E-state index >= 15 is 0 Å². The SMILES string of the molecule is CNC(=O)[C@@H](Cc1ccccc1)N(Cc1cccc(C)c1)C(=O)CN(c1cccc([N+](=O)[O-])c1)S(=O)(=O)c1ccccc1. The van der Waals surface area contributed by atoms with Crippen LogP contribution in [0.5, 0.6) is 0 Å². The number of benzene rings is 4. The van der Waals surface area contributed by atoms with Gasteiger partial charge in [-0.2, -0.15) is 0 Å². The molecule has 1 N–H and O–H groups in total. The molecule has 11 heteroatoms. The van der Waals surface area contributed by atoms with Crippen molar-refractivity contribution in [1.29, 1.82) is 0 Å². The standard InChI is InChI=1S/C32H32N4O6S/c1-24-11-9-14-26(19-24)22-34(30(32(38)33-2)20-25-12-5-3-6-13-25)31(37)23-35(27-15-10-16-28(21-27)36(39)40)43(41,42)29-17-7-4-8-18-29/h3-19,21,30H,20,22-23H2,1-2H3,(H,33,38)/t30-/m1/s1. The molecule has 0 fully saturated rings. The fourth-order valence-corrected chi connectivity index (χ4v) is 6.16. The first-order valence-corrected chi connectivity index (χ1v) is 15.0. The molecule has 43 heavy (non-hydrogen) atoms. The molecular formula is C32H32N4O6S. The van der Waals surface area contributed by atoms with Crippen LogP contribution in [-0.4, -0.2) is 49.7 Å². The molecule has 0 unspecified atom stereocenters. The smallest absolute Gasteiger partial charge is 0.271 e. The lowest BCUT2D eigenvalue weighted by Gasteiger charge is -2.33. The molecule has 0 aliphatic carbocycles. The Balaban J connectivity index is 1.81. The zero-order chi connectivity index (χ0) is 31.0. The van der Waals surface area contributed by atoms with Crippen LogP contribution >= 0.6 is 0 Å². The van der Waals surface area contributed by atoms with Gasteiger partial charge in [0.25, 0.3) is 15.7 Å². The Morgan fingerprint density at radius 1 is 0.860 bits per heavy atom. The molecule has 0 aliphatic heterocycles. The van der Waals surface area contributed by atoms with Crippen molar-refractivity contribution in [3.8, 4) is 0 Å². The van der Waals surface area contributed by atoms with Crippen LogP contribution in [-0.2, 0) is 32.6 Å². The Hall–Kier alpha value is -5.03. The lowest BCUT2D eigenvalue weighted by Crippen LogP contribution is -2.53. The molecule has 0 aromatic heterocycles. The molecule has 222 valence electrons. The second-order valence-electron chi connectivity index (χ2n) is 9.93. The second kappa shape index (κ2) is 13.8. The van der Waals surface area contributed by atoms with Gasteiger partial charge in [0.05, 0.1) is 15.5 Å². The predicted molar refractivity (Wildman–Crippen MR) is 164 cm³/mol. The average Bonchev–Trinajstić information content (AvgIpc) is 3.02. The molecule has 0 heterocycles. The Labute approximate surface area is 250 Å². The van der Waals surface area contributed by atoms with Crippen LogP contribution < -0.4 is 9.62 Å². The molecule has 4 aromatic rings. The van der Waals surface area contributed by atoms with E-state index < -0.39 is 39.3 Å². The lowest BCUT2D eigenvalue weighted by atomic mass is 10.0. The van der Waals surface area contributed by atoms with Crippen molar-refractivity contribution in [2.24, 2.45) is 0 Å². The van der Waals surface area contributed by atoms with Gasteiger partial charge in [0, 0.05) is 32.1 Å². The first kappa shape index (κ1) is 30.9. The number of hydrogen-bond donors (Lipinski definition) is 1. The third-order valence-corrected chi connectivity index (χ3v) is 8.68. The summed E-state index contributed by atoms with van der Waals surface area (Å²) in [6.45, 7) is 1.23. The van der Waals surface area contributed by atoms with Gasteiger partial charge in [-0.15, -0.1) is 0 Å². The first-order valence-electron chi connectivity index (χ1n) is 13.5. The van der Waals surface area contributed by atoms with Crippen molar-refractivity contribution in [3.05, 3.63) is 136 Å². The fraction of sp³-hybridized carbons (Fsp3) is 0.188. The lowest BCUT2D eigenvalue weighted by molar-refractivity contribution is -0.384. The van der Waals surface area contributed by atoms with Crippen LogP contribution in [0.25, 0.3) is 0 Å². The van der Waals surface area contributed by atoms with Crippen LogP contribution in [0.4, 0.5) is 11.4 Å². The summed E-state index contributed by atoms with van der Waals surface area (Å²) < 4.78 is 28.7. The van der Waals surface area contributed by atoms with E-state index in [1.54, 1.807) is 18.2 Å². The van der Waals surface area contributed by atoms with Gasteiger partial charge in [0.15, 0.2) is 0 Å². The maximum atomic E-state index is 14.3. The number of sulfonamides is 1. The maximum Gasteiger partial charge on any atom is 0.271 e. The van der Waals surface area contributed by atoms with Gasteiger partial charge in [-0.25, -0.2) is 8.42 Å². The van der Waals surface area contributed by atoms with Gasteiger partial charge < -0.3 is 10.2 Å². The average molecular weight is 601 g/mol. The van der Waals surface area contributed by atoms with Crippen LogP contribution in [0.15, 0.2) is 114 Å². The molecule has 0 spiro atoms. The number of nitro benzene ring substituents is 1. The molecular weight excluding hydrogens is 568 g/mol. The monoisotopic (exact) mass is 600 g/mol. The molecule has 0 aliphatic rings. The van der Waals surface area contributed by atoms with E-state index in [1.165, 1.54) is 42.3 Å². The minimum Gasteiger partial charge on any atom is -0.357 e. The van der Waals surface area contributed by atoms with E-state index in [0.717, 1.165) is 27.1 Å². The van der Waals surface area contributed by atoms with Crippen molar-refractivity contribution < 1.29 is 22.9 Å². The predicted octanol–water partition coefficient (Wildman–Crippen LogP) is 4.48. The third kappa shape index (κ3) is 7.63. The summed E-state index contributed by atoms with van der Waals surface area (Å²) in [5.74, 6) is -1.07. The van der Waals surface area contributed by atoms with Gasteiger partial charge in [0.2, 0.25) is 11.8 Å². The molecule has 0 radical (unpaired) electrons. The summed E-state index contributed by atoms with van der Waals surface area (Å²) in [4.78, 5) is 39.8. The quantitative estimate of drug-likeness (QED) is 0.189. The van der Waals surface area contributed by atoms with E-state index in [-0.39, 0.29) is 29.2 Å². The Kier molecular flexibility index (Phi) is 9.89. The zero-order valence-corrected chi connectivity index (χ0v) is 24.6. The number of nitrogens with one attached hydrogen (secondary N) is 1. The van der Waals surface area contributed by atoms with E-state index in [9.17, 15) is 28.1 Å². The van der Waals surface area contributed by atoms with Crippen LogP contribution in [0.3, 0.4) is 0 Å². The molecule has 4 aromatic carbocycles. The Bertz CT molecular complexity index is 1700. The van der Waals surface area contributed by atoms with Crippen molar-refractivity contribution in [1.82, 2.24) is 10.2 Å². The van der Waals surface area contributed by atoms with Crippen molar-refractivity contribution in [2.75, 3.05) is 17.9 Å². The van der Waals surface area contributed by atoms with Gasteiger partial charge in [-0.05, 0) is 36.2 Å². The number of nitrogens with zero attached hydrogens (tertiary/aromatic N) is 3. The first-order chi connectivity index (χ1) is 20.6. The number of carbonyl (C=O) groups excluding carboxylic acids is 2. The highest BCUT2D eigenvalue weighted by Crippen LogP contribution is 2.28. The highest BCUT2D eigenvalue weighted by molar-refractivity contribution is 7.92. The van der Waals surface area contributed by atoms with Crippen LogP contribution in [0.2, 0.25) is 0 Å². The largest absolute Gasteiger partial charge is 0.357 e. The molecule has 0 saturated heterocycles. The number of anilines is 1. The van der Waals surface area contributed by atoms with E-state index in [0.29, 0.717) is 0 Å². The van der Waals surface area contributed by atoms with Gasteiger partial charge in [-0.1, -0.05) is 84.4 Å². The van der Waals surface area contributed by atoms with Gasteiger partial charge in [-0.3, -0.25) is 24.0 Å². The zero-order valence-electron chi connectivity index (χ0n) is 23.8. The number of amides is 2. The van der Waals surface area contributed by atoms with Gasteiger partial charge >= 0.3 is 0 Å². The normalized spacial score (nSPS) is 11.8. The Morgan fingerprint density at radius 3 is 2.12 bits per heavy atom. The molecule has 0 saturated carbocycles. The van der Waals surface area contributed by atoms with E-state index in [2.05, 4.69) is 5.32 Å². The van der Waals surface area contributed by atoms with Crippen LogP contribution in [0, 0.1) is 17.0 Å². The molecule has 1 atom stereocenters. The highest BCUT2D eigenvalue weighted by atomic mass is 32.2. The molecule has 0 bridgehead atoms. The molecule has 2 amide bonds. The number of nitro groups is 1. The van der Waals surface area contributed by atoms with Gasteiger partial charge in [0.1, 0.15) is 12.6 Å². The van der Waals surface area contributed by atoms with E-state index in [4.69, 9.17) is 0 Å².